The number of nitrogens with zero attached hydrogens (tertiary/aromatic N) is 3. The molecule has 48 heavy (non-hydrogen) atoms. The van der Waals surface area contributed by atoms with E-state index in [1.807, 2.05) is 78.9 Å². The zero-order valence-corrected chi connectivity index (χ0v) is 27.2. The number of unbranched alkanes of at least 4 members (excludes halogenated alkanes) is 4. The van der Waals surface area contributed by atoms with Crippen LogP contribution in [-0.4, -0.2) is 63.7 Å². The van der Waals surface area contributed by atoms with E-state index in [1.165, 1.54) is 30.6 Å². The van der Waals surface area contributed by atoms with Crippen molar-refractivity contribution in [2.45, 2.75) is 58.1 Å². The second-order valence-electron chi connectivity index (χ2n) is 12.0. The van der Waals surface area contributed by atoms with Crippen LogP contribution in [0.1, 0.15) is 50.2 Å². The van der Waals surface area contributed by atoms with Crippen molar-refractivity contribution in [3.8, 4) is 28.3 Å². The number of alkyl carbamates (subject to hydrolysis) is 1. The van der Waals surface area contributed by atoms with E-state index < -0.39 is 24.0 Å². The Bertz CT molecular complexity index is 1620. The van der Waals surface area contributed by atoms with E-state index >= 15 is 0 Å². The van der Waals surface area contributed by atoms with Crippen LogP contribution in [0.25, 0.3) is 22.5 Å². The maximum absolute atomic E-state index is 13.3. The first-order valence-corrected chi connectivity index (χ1v) is 16.5. The molecule has 1 aliphatic heterocycles. The van der Waals surface area contributed by atoms with Crippen molar-refractivity contribution < 1.29 is 29.0 Å². The number of amides is 2. The van der Waals surface area contributed by atoms with Gasteiger partial charge in [-0.25, -0.2) is 14.8 Å². The Hall–Kier alpha value is -5.25. The SMILES string of the molecule is CCCCCCCOc1ccc(-c2cnc(-c3ccc(C[C@H](NC(=O)OCc4ccccc4)C(=O)N4CC(C(=O)O)C4)cc3)nc2)cc1. The van der Waals surface area contributed by atoms with E-state index in [1.54, 1.807) is 12.4 Å². The van der Waals surface area contributed by atoms with Gasteiger partial charge >= 0.3 is 12.1 Å². The molecule has 0 bridgehead atoms. The Morgan fingerprint density at radius 2 is 1.50 bits per heavy atom. The lowest BCUT2D eigenvalue weighted by atomic mass is 9.97. The van der Waals surface area contributed by atoms with Gasteiger partial charge in [0.25, 0.3) is 0 Å². The maximum Gasteiger partial charge on any atom is 0.408 e. The van der Waals surface area contributed by atoms with E-state index in [2.05, 4.69) is 22.2 Å². The van der Waals surface area contributed by atoms with Gasteiger partial charge in [-0.2, -0.15) is 0 Å². The minimum Gasteiger partial charge on any atom is -0.494 e. The molecular formula is C38H42N4O6. The highest BCUT2D eigenvalue weighted by molar-refractivity contribution is 5.88. The summed E-state index contributed by atoms with van der Waals surface area (Å²) in [6.07, 6.45) is 9.06. The number of rotatable bonds is 16. The minimum atomic E-state index is -0.942. The van der Waals surface area contributed by atoms with Crippen LogP contribution < -0.4 is 10.1 Å². The number of ether oxygens (including phenoxy) is 2. The number of hydrogen-bond donors (Lipinski definition) is 2. The second-order valence-corrected chi connectivity index (χ2v) is 12.0. The Morgan fingerprint density at radius 3 is 2.17 bits per heavy atom. The third kappa shape index (κ3) is 9.63. The summed E-state index contributed by atoms with van der Waals surface area (Å²) in [4.78, 5) is 47.8. The van der Waals surface area contributed by atoms with Crippen LogP contribution >= 0.6 is 0 Å². The number of carbonyl (C=O) groups excluding carboxylic acids is 2. The molecule has 1 atom stereocenters. The summed E-state index contributed by atoms with van der Waals surface area (Å²) in [6, 6.07) is 23.7. The highest BCUT2D eigenvalue weighted by Gasteiger charge is 2.39. The molecule has 3 aromatic carbocycles. The standard InChI is InChI=1S/C38H42N4O6/c1-2-3-4-5-9-20-47-33-18-16-29(17-19-33)31-22-39-35(40-23-31)30-14-12-27(13-15-30)21-34(36(43)42-24-32(25-42)37(44)45)41-38(46)48-26-28-10-7-6-8-11-28/h6-8,10-19,22-23,32,34H,2-5,9,20-21,24-26H2,1H3,(H,41,46)(H,44,45)/t34-/m0/s1. The van der Waals surface area contributed by atoms with Crippen molar-refractivity contribution in [3.63, 3.8) is 0 Å². The molecule has 4 aromatic rings. The summed E-state index contributed by atoms with van der Waals surface area (Å²) in [6.45, 7) is 3.21. The predicted octanol–water partition coefficient (Wildman–Crippen LogP) is 6.54. The number of benzene rings is 3. The molecule has 1 fully saturated rings. The molecule has 5 rings (SSSR count). The van der Waals surface area contributed by atoms with Crippen LogP contribution in [0.4, 0.5) is 4.79 Å². The summed E-state index contributed by atoms with van der Waals surface area (Å²) in [5, 5.41) is 11.9. The summed E-state index contributed by atoms with van der Waals surface area (Å²) < 4.78 is 11.2. The fourth-order valence-corrected chi connectivity index (χ4v) is 5.43. The largest absolute Gasteiger partial charge is 0.494 e. The van der Waals surface area contributed by atoms with Gasteiger partial charge in [-0.15, -0.1) is 0 Å². The molecule has 1 saturated heterocycles. The Balaban J connectivity index is 1.17. The smallest absolute Gasteiger partial charge is 0.408 e. The highest BCUT2D eigenvalue weighted by atomic mass is 16.5. The van der Waals surface area contributed by atoms with Crippen molar-refractivity contribution in [2.24, 2.45) is 5.92 Å². The maximum atomic E-state index is 13.3. The molecule has 0 unspecified atom stereocenters. The quantitative estimate of drug-likeness (QED) is 0.131. The number of carboxylic acid groups (broad SMARTS) is 1. The lowest BCUT2D eigenvalue weighted by Gasteiger charge is -2.38. The van der Waals surface area contributed by atoms with E-state index in [0.29, 0.717) is 5.82 Å². The molecule has 0 aliphatic carbocycles. The first-order chi connectivity index (χ1) is 23.4. The molecule has 0 spiro atoms. The molecule has 1 aliphatic rings. The van der Waals surface area contributed by atoms with Gasteiger partial charge in [-0.1, -0.05) is 99.3 Å². The fraction of sp³-hybridized carbons (Fsp3) is 0.342. The number of carboxylic acids is 1. The number of likely N-dealkylation sites (tertiary alicyclic amines) is 1. The lowest BCUT2D eigenvalue weighted by molar-refractivity contribution is -0.153. The Morgan fingerprint density at radius 1 is 0.833 bits per heavy atom. The van der Waals surface area contributed by atoms with Gasteiger partial charge < -0.3 is 24.8 Å². The molecule has 0 radical (unpaired) electrons. The zero-order valence-electron chi connectivity index (χ0n) is 27.2. The van der Waals surface area contributed by atoms with Gasteiger partial charge in [0.2, 0.25) is 5.91 Å². The molecule has 250 valence electrons. The topological polar surface area (TPSA) is 131 Å². The van der Waals surface area contributed by atoms with Crippen LogP contribution in [0, 0.1) is 5.92 Å². The van der Waals surface area contributed by atoms with Crippen LogP contribution in [0.15, 0.2) is 91.3 Å². The highest BCUT2D eigenvalue weighted by Crippen LogP contribution is 2.24. The van der Waals surface area contributed by atoms with E-state index in [9.17, 15) is 19.5 Å². The van der Waals surface area contributed by atoms with E-state index in [0.717, 1.165) is 46.6 Å². The van der Waals surface area contributed by atoms with Gasteiger partial charge in [0.1, 0.15) is 18.4 Å². The van der Waals surface area contributed by atoms with Gasteiger partial charge in [0.05, 0.1) is 12.5 Å². The van der Waals surface area contributed by atoms with E-state index in [-0.39, 0.29) is 32.0 Å². The molecule has 2 amide bonds. The van der Waals surface area contributed by atoms with Crippen molar-refractivity contribution in [1.82, 2.24) is 20.2 Å². The van der Waals surface area contributed by atoms with Crippen molar-refractivity contribution in [2.75, 3.05) is 19.7 Å². The monoisotopic (exact) mass is 650 g/mol. The zero-order chi connectivity index (χ0) is 33.7. The van der Waals surface area contributed by atoms with Crippen molar-refractivity contribution >= 4 is 18.0 Å². The molecule has 0 saturated carbocycles. The molecule has 2 heterocycles. The van der Waals surface area contributed by atoms with Gasteiger partial charge in [-0.05, 0) is 35.2 Å². The normalized spacial score (nSPS) is 13.3. The van der Waals surface area contributed by atoms with Gasteiger partial charge in [0.15, 0.2) is 5.82 Å². The van der Waals surface area contributed by atoms with Crippen LogP contribution in [-0.2, 0) is 27.4 Å². The van der Waals surface area contributed by atoms with Crippen LogP contribution in [0.3, 0.4) is 0 Å². The van der Waals surface area contributed by atoms with Crippen molar-refractivity contribution in [1.29, 1.82) is 0 Å². The Kier molecular flexibility index (Phi) is 12.1. The fourth-order valence-electron chi connectivity index (χ4n) is 5.43. The summed E-state index contributed by atoms with van der Waals surface area (Å²) >= 11 is 0. The Labute approximate surface area is 281 Å². The van der Waals surface area contributed by atoms with Crippen LogP contribution in [0.5, 0.6) is 5.75 Å². The number of aliphatic carboxylic acids is 1. The third-order valence-corrected chi connectivity index (χ3v) is 8.35. The van der Waals surface area contributed by atoms with Gasteiger partial charge in [0, 0.05) is 43.0 Å². The third-order valence-electron chi connectivity index (χ3n) is 8.35. The number of hydrogen-bond acceptors (Lipinski definition) is 7. The molecular weight excluding hydrogens is 608 g/mol. The van der Waals surface area contributed by atoms with Crippen molar-refractivity contribution in [3.05, 3.63) is 102 Å². The number of carbonyl (C=O) groups is 3. The second kappa shape index (κ2) is 17.1. The van der Waals surface area contributed by atoms with Gasteiger partial charge in [-0.3, -0.25) is 9.59 Å². The molecule has 10 heteroatoms. The summed E-state index contributed by atoms with van der Waals surface area (Å²) in [5.41, 5.74) is 4.31. The lowest BCUT2D eigenvalue weighted by Crippen LogP contribution is -2.59. The average molecular weight is 651 g/mol. The average Bonchev–Trinajstić information content (AvgIpc) is 3.09. The first kappa shape index (κ1) is 34.1. The number of aromatic nitrogens is 2. The minimum absolute atomic E-state index is 0.0604. The first-order valence-electron chi connectivity index (χ1n) is 16.5. The van der Waals surface area contributed by atoms with E-state index in [4.69, 9.17) is 9.47 Å². The predicted molar refractivity (Wildman–Crippen MR) is 182 cm³/mol. The van der Waals surface area contributed by atoms with Crippen LogP contribution in [0.2, 0.25) is 0 Å². The summed E-state index contributed by atoms with van der Waals surface area (Å²) in [7, 11) is 0. The molecule has 10 nitrogen and oxygen atoms in total. The number of nitrogens with one attached hydrogen (secondary N) is 1. The summed E-state index contributed by atoms with van der Waals surface area (Å²) in [5.74, 6) is -0.487. The molecule has 1 aromatic heterocycles. The molecule has 2 N–H and O–H groups in total.